The van der Waals surface area contributed by atoms with Crippen molar-refractivity contribution in [1.29, 1.82) is 0 Å². The fourth-order valence-corrected chi connectivity index (χ4v) is 4.81. The van der Waals surface area contributed by atoms with Crippen molar-refractivity contribution in [3.63, 3.8) is 0 Å². The van der Waals surface area contributed by atoms with Gasteiger partial charge in [-0.05, 0) is 98.3 Å². The van der Waals surface area contributed by atoms with Crippen molar-refractivity contribution < 1.29 is 38.7 Å². The molecule has 0 atom stereocenters. The Kier molecular flexibility index (Phi) is 8.52. The molecule has 9 nitrogen and oxygen atoms in total. The zero-order valence-electron chi connectivity index (χ0n) is 23.9. The summed E-state index contributed by atoms with van der Waals surface area (Å²) in [5.74, 6) is 0.650. The highest BCUT2D eigenvalue weighted by molar-refractivity contribution is 6.07. The molecule has 0 unspecified atom stereocenters. The van der Waals surface area contributed by atoms with Crippen molar-refractivity contribution in [2.45, 2.75) is 33.0 Å². The minimum absolute atomic E-state index is 0.0377. The summed E-state index contributed by atoms with van der Waals surface area (Å²) in [6.45, 7) is 4.23. The maximum atomic E-state index is 12.5. The molecular weight excluding hydrogens is 550 g/mol. The smallest absolute Gasteiger partial charge is 0.338 e. The van der Waals surface area contributed by atoms with E-state index >= 15 is 0 Å². The summed E-state index contributed by atoms with van der Waals surface area (Å²) in [5, 5.41) is 20.2. The van der Waals surface area contributed by atoms with Gasteiger partial charge in [0.25, 0.3) is 0 Å². The molecule has 43 heavy (non-hydrogen) atoms. The second-order valence-corrected chi connectivity index (χ2v) is 10.1. The Hall–Kier alpha value is -5.44. The summed E-state index contributed by atoms with van der Waals surface area (Å²) >= 11 is 0. The lowest BCUT2D eigenvalue weighted by Gasteiger charge is -2.13. The molecule has 2 N–H and O–H groups in total. The van der Waals surface area contributed by atoms with Gasteiger partial charge in [0.1, 0.15) is 35.4 Å². The van der Waals surface area contributed by atoms with Gasteiger partial charge in [-0.3, -0.25) is 4.79 Å². The van der Waals surface area contributed by atoms with Gasteiger partial charge in [0.15, 0.2) is 0 Å². The number of benzene rings is 4. The lowest BCUT2D eigenvalue weighted by Crippen LogP contribution is -2.11. The quantitative estimate of drug-likeness (QED) is 0.160. The Bertz CT molecular complexity index is 1740. The molecular formula is C34H31NO8. The summed E-state index contributed by atoms with van der Waals surface area (Å²) in [6.07, 6.45) is -0.449. The van der Waals surface area contributed by atoms with Gasteiger partial charge in [0.2, 0.25) is 0 Å². The van der Waals surface area contributed by atoms with Gasteiger partial charge in [-0.15, -0.1) is 0 Å². The van der Waals surface area contributed by atoms with E-state index in [4.69, 9.17) is 18.9 Å². The van der Waals surface area contributed by atoms with Crippen LogP contribution < -0.4 is 18.9 Å². The van der Waals surface area contributed by atoms with Crippen molar-refractivity contribution in [3.8, 4) is 34.4 Å². The van der Waals surface area contributed by atoms with Crippen molar-refractivity contribution in [2.24, 2.45) is 0 Å². The zero-order chi connectivity index (χ0) is 30.5. The average Bonchev–Trinajstić information content (AvgIpc) is 3.30. The summed E-state index contributed by atoms with van der Waals surface area (Å²) in [7, 11) is 1.61. The molecule has 4 aromatic carbocycles. The van der Waals surface area contributed by atoms with Crippen LogP contribution in [0, 0.1) is 0 Å². The van der Waals surface area contributed by atoms with E-state index in [-0.39, 0.29) is 17.4 Å². The molecule has 0 aliphatic carbocycles. The third-order valence-corrected chi connectivity index (χ3v) is 6.66. The molecule has 0 aliphatic heterocycles. The Morgan fingerprint density at radius 2 is 1.37 bits per heavy atom. The van der Waals surface area contributed by atoms with E-state index in [1.54, 1.807) is 78.4 Å². The molecule has 5 aromatic rings. The predicted molar refractivity (Wildman–Crippen MR) is 161 cm³/mol. The van der Waals surface area contributed by atoms with Crippen LogP contribution in [0.25, 0.3) is 16.6 Å². The van der Waals surface area contributed by atoms with E-state index in [9.17, 15) is 19.8 Å². The van der Waals surface area contributed by atoms with Crippen LogP contribution in [0.5, 0.6) is 28.7 Å². The summed E-state index contributed by atoms with van der Waals surface area (Å²) in [5.41, 5.74) is 2.15. The normalized spacial score (nSPS) is 11.0. The molecule has 5 rings (SSSR count). The van der Waals surface area contributed by atoms with Crippen molar-refractivity contribution >= 4 is 22.8 Å². The SMILES string of the molecule is COc1ccc(COc2ccc(-n3c(CC(=O)O)c(C(=O)O)c4cc(Oc5ccc(OC(C)C)cc5)ccc43)cc2)cc1. The first-order valence-corrected chi connectivity index (χ1v) is 13.6. The Morgan fingerprint density at radius 3 is 1.98 bits per heavy atom. The lowest BCUT2D eigenvalue weighted by atomic mass is 10.1. The zero-order valence-corrected chi connectivity index (χ0v) is 23.9. The van der Waals surface area contributed by atoms with E-state index in [0.717, 1.165) is 11.3 Å². The minimum atomic E-state index is -1.23. The number of aliphatic carboxylic acids is 1. The molecule has 1 heterocycles. The highest BCUT2D eigenvalue weighted by Crippen LogP contribution is 2.35. The largest absolute Gasteiger partial charge is 0.497 e. The predicted octanol–water partition coefficient (Wildman–Crippen LogP) is 7.12. The van der Waals surface area contributed by atoms with E-state index in [0.29, 0.717) is 46.2 Å². The van der Waals surface area contributed by atoms with Crippen LogP contribution in [0.1, 0.15) is 35.5 Å². The number of carboxylic acids is 2. The van der Waals surface area contributed by atoms with Gasteiger partial charge >= 0.3 is 11.9 Å². The van der Waals surface area contributed by atoms with Gasteiger partial charge in [0.05, 0.1) is 30.7 Å². The van der Waals surface area contributed by atoms with Crippen LogP contribution >= 0.6 is 0 Å². The highest BCUT2D eigenvalue weighted by Gasteiger charge is 2.25. The van der Waals surface area contributed by atoms with Crippen LogP contribution in [-0.4, -0.2) is 39.9 Å². The van der Waals surface area contributed by atoms with Crippen molar-refractivity contribution in [2.75, 3.05) is 7.11 Å². The van der Waals surface area contributed by atoms with E-state index in [1.165, 1.54) is 0 Å². The molecule has 0 bridgehead atoms. The summed E-state index contributed by atoms with van der Waals surface area (Å²) in [6, 6.07) is 26.8. The fraction of sp³-hybridized carbons (Fsp3) is 0.176. The van der Waals surface area contributed by atoms with Gasteiger partial charge < -0.3 is 33.7 Å². The second-order valence-electron chi connectivity index (χ2n) is 10.1. The number of fused-ring (bicyclic) bond motifs is 1. The number of ether oxygens (including phenoxy) is 4. The Balaban J connectivity index is 1.46. The number of nitrogens with zero attached hydrogens (tertiary/aromatic N) is 1. The Morgan fingerprint density at radius 1 is 0.767 bits per heavy atom. The highest BCUT2D eigenvalue weighted by atomic mass is 16.5. The number of methoxy groups -OCH3 is 1. The molecule has 220 valence electrons. The minimum Gasteiger partial charge on any atom is -0.497 e. The van der Waals surface area contributed by atoms with Crippen LogP contribution in [0.2, 0.25) is 0 Å². The molecule has 0 saturated carbocycles. The number of rotatable bonds is 12. The molecule has 0 spiro atoms. The molecule has 0 fully saturated rings. The maximum absolute atomic E-state index is 12.5. The van der Waals surface area contributed by atoms with Gasteiger partial charge in [-0.1, -0.05) is 12.1 Å². The standard InChI is InChI=1S/C34H31NO8/c1-21(2)42-26-12-14-27(15-13-26)43-28-16-17-30-29(18-28)33(34(38)39)31(19-32(36)37)35(30)23-6-10-25(11-7-23)41-20-22-4-8-24(40-3)9-5-22/h4-18,21H,19-20H2,1-3H3,(H,36,37)(H,38,39). The van der Waals surface area contributed by atoms with Crippen LogP contribution in [0.3, 0.4) is 0 Å². The van der Waals surface area contributed by atoms with Gasteiger partial charge in [0, 0.05) is 16.8 Å². The van der Waals surface area contributed by atoms with Crippen molar-refractivity contribution in [3.05, 3.63) is 108 Å². The van der Waals surface area contributed by atoms with E-state index < -0.39 is 18.4 Å². The van der Waals surface area contributed by atoms with Crippen molar-refractivity contribution in [1.82, 2.24) is 4.57 Å². The second kappa shape index (κ2) is 12.6. The fourth-order valence-electron chi connectivity index (χ4n) is 4.81. The molecule has 0 radical (unpaired) electrons. The topological polar surface area (TPSA) is 116 Å². The third-order valence-electron chi connectivity index (χ3n) is 6.66. The van der Waals surface area contributed by atoms with Crippen LogP contribution in [0.15, 0.2) is 91.0 Å². The summed E-state index contributed by atoms with van der Waals surface area (Å²) in [4.78, 5) is 24.3. The first-order valence-electron chi connectivity index (χ1n) is 13.6. The first kappa shape index (κ1) is 29.1. The maximum Gasteiger partial charge on any atom is 0.338 e. The number of carboxylic acid groups (broad SMARTS) is 2. The Labute approximate surface area is 248 Å². The number of hydrogen-bond donors (Lipinski definition) is 2. The molecule has 0 saturated heterocycles. The molecule has 1 aromatic heterocycles. The van der Waals surface area contributed by atoms with E-state index in [2.05, 4.69) is 0 Å². The van der Waals surface area contributed by atoms with Gasteiger partial charge in [-0.25, -0.2) is 4.79 Å². The summed E-state index contributed by atoms with van der Waals surface area (Å²) < 4.78 is 24.4. The third kappa shape index (κ3) is 6.73. The van der Waals surface area contributed by atoms with Gasteiger partial charge in [-0.2, -0.15) is 0 Å². The number of carbonyl (C=O) groups is 2. The number of aromatic nitrogens is 1. The monoisotopic (exact) mass is 581 g/mol. The molecule has 0 aliphatic rings. The average molecular weight is 582 g/mol. The number of hydrogen-bond acceptors (Lipinski definition) is 6. The number of aromatic carboxylic acids is 1. The first-order chi connectivity index (χ1) is 20.7. The van der Waals surface area contributed by atoms with Crippen LogP contribution in [0.4, 0.5) is 0 Å². The van der Waals surface area contributed by atoms with Crippen LogP contribution in [-0.2, 0) is 17.8 Å². The van der Waals surface area contributed by atoms with E-state index in [1.807, 2.05) is 38.1 Å². The lowest BCUT2D eigenvalue weighted by molar-refractivity contribution is -0.136. The molecule has 9 heteroatoms. The molecule has 0 amide bonds.